The van der Waals surface area contributed by atoms with E-state index in [2.05, 4.69) is 15.5 Å². The number of amides is 1. The second-order valence-electron chi connectivity index (χ2n) is 4.39. The van der Waals surface area contributed by atoms with Crippen LogP contribution < -0.4 is 15.5 Å². The van der Waals surface area contributed by atoms with Gasteiger partial charge in [-0.3, -0.25) is 4.79 Å². The molecule has 1 fully saturated rings. The van der Waals surface area contributed by atoms with Gasteiger partial charge in [0.1, 0.15) is 0 Å². The Morgan fingerprint density at radius 3 is 3.06 bits per heavy atom. The van der Waals surface area contributed by atoms with Gasteiger partial charge in [-0.15, -0.1) is 0 Å². The molecule has 18 heavy (non-hydrogen) atoms. The lowest BCUT2D eigenvalue weighted by atomic mass is 10.1. The van der Waals surface area contributed by atoms with E-state index in [9.17, 15) is 4.79 Å². The number of hydrogen-bond acceptors (Lipinski definition) is 3. The van der Waals surface area contributed by atoms with Crippen LogP contribution in [0.4, 0.5) is 5.69 Å². The first kappa shape index (κ1) is 13.2. The standard InChI is InChI=1S/C13H18ClN3O/c1-15-9-10-2-3-11(14)8-12(10)17-6-4-13(18)16-5-7-17/h2-3,8,15H,4-7,9H2,1H3,(H,16,18). The van der Waals surface area contributed by atoms with Crippen molar-refractivity contribution >= 4 is 23.2 Å². The van der Waals surface area contributed by atoms with Crippen LogP contribution in [0.1, 0.15) is 12.0 Å². The van der Waals surface area contributed by atoms with Crippen LogP contribution in [0.15, 0.2) is 18.2 Å². The first-order valence-corrected chi connectivity index (χ1v) is 6.53. The Bertz CT molecular complexity index is 436. The van der Waals surface area contributed by atoms with Gasteiger partial charge in [0.25, 0.3) is 0 Å². The molecule has 5 heteroatoms. The lowest BCUT2D eigenvalue weighted by Gasteiger charge is -2.25. The maximum atomic E-state index is 11.4. The van der Waals surface area contributed by atoms with Crippen molar-refractivity contribution in [2.24, 2.45) is 0 Å². The minimum Gasteiger partial charge on any atom is -0.369 e. The molecule has 0 aliphatic carbocycles. The topological polar surface area (TPSA) is 44.4 Å². The number of nitrogens with zero attached hydrogens (tertiary/aromatic N) is 1. The number of nitrogens with one attached hydrogen (secondary N) is 2. The van der Waals surface area contributed by atoms with Crippen LogP contribution in [-0.2, 0) is 11.3 Å². The summed E-state index contributed by atoms with van der Waals surface area (Å²) in [5.41, 5.74) is 2.32. The van der Waals surface area contributed by atoms with Crippen molar-refractivity contribution in [1.82, 2.24) is 10.6 Å². The smallest absolute Gasteiger partial charge is 0.221 e. The van der Waals surface area contributed by atoms with Crippen LogP contribution in [0.2, 0.25) is 5.02 Å². The van der Waals surface area contributed by atoms with Gasteiger partial charge in [-0.2, -0.15) is 0 Å². The Hall–Kier alpha value is -1.26. The molecular formula is C13H18ClN3O. The van der Waals surface area contributed by atoms with Crippen molar-refractivity contribution in [1.29, 1.82) is 0 Å². The lowest BCUT2D eigenvalue weighted by molar-refractivity contribution is -0.120. The van der Waals surface area contributed by atoms with E-state index < -0.39 is 0 Å². The summed E-state index contributed by atoms with van der Waals surface area (Å²) in [6.45, 7) is 3.04. The number of hydrogen-bond donors (Lipinski definition) is 2. The lowest BCUT2D eigenvalue weighted by Crippen LogP contribution is -2.29. The molecule has 1 aromatic carbocycles. The summed E-state index contributed by atoms with van der Waals surface area (Å²) in [6.07, 6.45) is 0.533. The number of halogens is 1. The van der Waals surface area contributed by atoms with Crippen molar-refractivity contribution in [2.75, 3.05) is 31.6 Å². The zero-order valence-corrected chi connectivity index (χ0v) is 11.3. The molecule has 2 rings (SSSR count). The van der Waals surface area contributed by atoms with Crippen LogP contribution in [0.25, 0.3) is 0 Å². The highest BCUT2D eigenvalue weighted by atomic mass is 35.5. The highest BCUT2D eigenvalue weighted by Crippen LogP contribution is 2.25. The molecule has 2 N–H and O–H groups in total. The van der Waals surface area contributed by atoms with Gasteiger partial charge >= 0.3 is 0 Å². The molecule has 0 bridgehead atoms. The molecule has 0 aromatic heterocycles. The minimum absolute atomic E-state index is 0.120. The molecule has 98 valence electrons. The Morgan fingerprint density at radius 2 is 2.28 bits per heavy atom. The first-order chi connectivity index (χ1) is 8.70. The van der Waals surface area contributed by atoms with E-state index in [1.54, 1.807) is 0 Å². The van der Waals surface area contributed by atoms with E-state index in [1.807, 2.05) is 25.2 Å². The molecule has 1 aromatic rings. The van der Waals surface area contributed by atoms with Crippen LogP contribution in [-0.4, -0.2) is 32.6 Å². The summed E-state index contributed by atoms with van der Waals surface area (Å²) in [5, 5.41) is 6.77. The number of carbonyl (C=O) groups is 1. The fraction of sp³-hybridized carbons (Fsp3) is 0.462. The largest absolute Gasteiger partial charge is 0.369 e. The van der Waals surface area contributed by atoms with Gasteiger partial charge in [0.2, 0.25) is 5.91 Å². The maximum absolute atomic E-state index is 11.4. The van der Waals surface area contributed by atoms with Crippen molar-refractivity contribution in [3.63, 3.8) is 0 Å². The predicted molar refractivity (Wildman–Crippen MR) is 74.1 cm³/mol. The van der Waals surface area contributed by atoms with Crippen LogP contribution in [0.3, 0.4) is 0 Å². The predicted octanol–water partition coefficient (Wildman–Crippen LogP) is 1.39. The van der Waals surface area contributed by atoms with Gasteiger partial charge in [0, 0.05) is 43.3 Å². The molecule has 0 atom stereocenters. The molecule has 1 heterocycles. The van der Waals surface area contributed by atoms with Crippen molar-refractivity contribution in [2.45, 2.75) is 13.0 Å². The first-order valence-electron chi connectivity index (χ1n) is 6.15. The minimum atomic E-state index is 0.120. The Labute approximate surface area is 112 Å². The van der Waals surface area contributed by atoms with Gasteiger partial charge in [-0.25, -0.2) is 0 Å². The molecular weight excluding hydrogens is 250 g/mol. The average Bonchev–Trinajstić information content (AvgIpc) is 2.57. The van der Waals surface area contributed by atoms with Gasteiger partial charge in [-0.1, -0.05) is 17.7 Å². The third kappa shape index (κ3) is 3.15. The van der Waals surface area contributed by atoms with E-state index in [0.717, 1.165) is 30.3 Å². The third-order valence-corrected chi connectivity index (χ3v) is 3.30. The summed E-state index contributed by atoms with van der Waals surface area (Å²) in [4.78, 5) is 13.6. The molecule has 1 aliphatic heterocycles. The average molecular weight is 268 g/mol. The van der Waals surface area contributed by atoms with Crippen LogP contribution in [0.5, 0.6) is 0 Å². The third-order valence-electron chi connectivity index (χ3n) is 3.07. The van der Waals surface area contributed by atoms with Gasteiger partial charge in [0.15, 0.2) is 0 Å². The molecule has 0 radical (unpaired) electrons. The summed E-state index contributed by atoms with van der Waals surface area (Å²) in [7, 11) is 1.92. The van der Waals surface area contributed by atoms with Crippen molar-refractivity contribution < 1.29 is 4.79 Å². The Kier molecular flexibility index (Phi) is 4.44. The number of anilines is 1. The SMILES string of the molecule is CNCc1ccc(Cl)cc1N1CCNC(=O)CC1. The fourth-order valence-corrected chi connectivity index (χ4v) is 2.35. The van der Waals surface area contributed by atoms with E-state index in [-0.39, 0.29) is 5.91 Å². The molecule has 0 unspecified atom stereocenters. The van der Waals surface area contributed by atoms with Gasteiger partial charge < -0.3 is 15.5 Å². The number of benzene rings is 1. The van der Waals surface area contributed by atoms with Crippen molar-refractivity contribution in [3.05, 3.63) is 28.8 Å². The van der Waals surface area contributed by atoms with E-state index in [0.29, 0.717) is 13.0 Å². The van der Waals surface area contributed by atoms with Crippen molar-refractivity contribution in [3.8, 4) is 0 Å². The van der Waals surface area contributed by atoms with E-state index >= 15 is 0 Å². The zero-order chi connectivity index (χ0) is 13.0. The monoisotopic (exact) mass is 267 g/mol. The molecule has 0 spiro atoms. The summed E-state index contributed by atoms with van der Waals surface area (Å²) >= 11 is 6.08. The van der Waals surface area contributed by atoms with E-state index in [4.69, 9.17) is 11.6 Å². The fourth-order valence-electron chi connectivity index (χ4n) is 2.18. The molecule has 1 aliphatic rings. The van der Waals surface area contributed by atoms with Gasteiger partial charge in [0.05, 0.1) is 0 Å². The number of rotatable bonds is 3. The normalized spacial score (nSPS) is 16.3. The van der Waals surface area contributed by atoms with Crippen LogP contribution in [0, 0.1) is 0 Å². The molecule has 1 saturated heterocycles. The highest BCUT2D eigenvalue weighted by molar-refractivity contribution is 6.30. The molecule has 0 saturated carbocycles. The molecule has 4 nitrogen and oxygen atoms in total. The zero-order valence-electron chi connectivity index (χ0n) is 10.5. The number of carbonyl (C=O) groups excluding carboxylic acids is 1. The van der Waals surface area contributed by atoms with Gasteiger partial charge in [-0.05, 0) is 24.7 Å². The summed E-state index contributed by atoms with van der Waals surface area (Å²) in [5.74, 6) is 0.120. The van der Waals surface area contributed by atoms with Crippen LogP contribution >= 0.6 is 11.6 Å². The second kappa shape index (κ2) is 6.07. The highest BCUT2D eigenvalue weighted by Gasteiger charge is 2.16. The Morgan fingerprint density at radius 1 is 1.44 bits per heavy atom. The molecule has 1 amide bonds. The second-order valence-corrected chi connectivity index (χ2v) is 4.83. The quantitative estimate of drug-likeness (QED) is 0.870. The summed E-state index contributed by atoms with van der Waals surface area (Å²) < 4.78 is 0. The maximum Gasteiger partial charge on any atom is 0.221 e. The summed E-state index contributed by atoms with van der Waals surface area (Å²) in [6, 6.07) is 5.91. The van der Waals surface area contributed by atoms with E-state index in [1.165, 1.54) is 5.56 Å². The Balaban J connectivity index is 2.24.